The molecule has 0 aliphatic carbocycles. The minimum atomic E-state index is 0.203. The molecule has 72 valence electrons. The summed E-state index contributed by atoms with van der Waals surface area (Å²) in [5, 5.41) is 0. The van der Waals surface area contributed by atoms with Crippen LogP contribution in [0.2, 0.25) is 0 Å². The van der Waals surface area contributed by atoms with E-state index in [0.29, 0.717) is 0 Å². The van der Waals surface area contributed by atoms with Crippen molar-refractivity contribution in [2.45, 2.75) is 4.90 Å². The van der Waals surface area contributed by atoms with Gasteiger partial charge in [0, 0.05) is 10.5 Å². The number of anilines is 1. The molecule has 0 saturated carbocycles. The van der Waals surface area contributed by atoms with Crippen LogP contribution in [0.4, 0.5) is 6.01 Å². The summed E-state index contributed by atoms with van der Waals surface area (Å²) in [7, 11) is 0. The number of nitrogens with zero attached hydrogens (tertiary/aromatic N) is 1. The second kappa shape index (κ2) is 3.75. The van der Waals surface area contributed by atoms with Gasteiger partial charge < -0.3 is 10.2 Å². The third-order valence-corrected chi connectivity index (χ3v) is 2.65. The molecule has 0 amide bonds. The molecule has 0 atom stereocenters. The average molecular weight is 206 g/mol. The predicted octanol–water partition coefficient (Wildman–Crippen LogP) is 2.65. The third-order valence-electron chi connectivity index (χ3n) is 1.91. The summed E-state index contributed by atoms with van der Waals surface area (Å²) in [6.07, 6.45) is 3.60. The minimum Gasteiger partial charge on any atom is -0.432 e. The van der Waals surface area contributed by atoms with Crippen LogP contribution in [0.1, 0.15) is 0 Å². The molecule has 0 bridgehead atoms. The third kappa shape index (κ3) is 1.75. The second-order valence-corrected chi connectivity index (χ2v) is 3.68. The molecule has 0 fully saturated rings. The maximum atomic E-state index is 5.39. The van der Waals surface area contributed by atoms with E-state index in [0.717, 1.165) is 11.3 Å². The van der Waals surface area contributed by atoms with Crippen molar-refractivity contribution in [2.24, 2.45) is 0 Å². The molecule has 0 aliphatic heterocycles. The number of oxazole rings is 1. The van der Waals surface area contributed by atoms with Gasteiger partial charge in [-0.15, -0.1) is 11.8 Å². The number of hydrogen-bond acceptors (Lipinski definition) is 4. The van der Waals surface area contributed by atoms with E-state index in [9.17, 15) is 0 Å². The summed E-state index contributed by atoms with van der Waals surface area (Å²) in [6, 6.07) is 8.30. The summed E-state index contributed by atoms with van der Waals surface area (Å²) in [6.45, 7) is 0. The van der Waals surface area contributed by atoms with Gasteiger partial charge in [0.05, 0.1) is 0 Å². The van der Waals surface area contributed by atoms with Crippen molar-refractivity contribution in [3.63, 3.8) is 0 Å². The van der Waals surface area contributed by atoms with Gasteiger partial charge in [0.1, 0.15) is 12.0 Å². The van der Waals surface area contributed by atoms with E-state index in [1.807, 2.05) is 30.5 Å². The van der Waals surface area contributed by atoms with Crippen LogP contribution in [0.3, 0.4) is 0 Å². The number of nitrogen functional groups attached to an aromatic ring is 1. The molecule has 1 aromatic carbocycles. The zero-order valence-corrected chi connectivity index (χ0v) is 8.54. The summed E-state index contributed by atoms with van der Waals surface area (Å²) < 4.78 is 4.94. The molecule has 0 radical (unpaired) electrons. The van der Waals surface area contributed by atoms with Crippen molar-refractivity contribution in [1.29, 1.82) is 0 Å². The highest BCUT2D eigenvalue weighted by Gasteiger charge is 2.02. The Balaban J connectivity index is 2.33. The van der Waals surface area contributed by atoms with Crippen molar-refractivity contribution in [3.8, 4) is 11.3 Å². The zero-order valence-electron chi connectivity index (χ0n) is 7.73. The lowest BCUT2D eigenvalue weighted by Gasteiger charge is -1.97. The monoisotopic (exact) mass is 206 g/mol. The van der Waals surface area contributed by atoms with Gasteiger partial charge in [-0.05, 0) is 18.4 Å². The van der Waals surface area contributed by atoms with Gasteiger partial charge in [0.25, 0.3) is 6.01 Å². The smallest absolute Gasteiger partial charge is 0.292 e. The fraction of sp³-hybridized carbons (Fsp3) is 0.100. The van der Waals surface area contributed by atoms with E-state index in [-0.39, 0.29) is 6.01 Å². The van der Waals surface area contributed by atoms with Gasteiger partial charge in [-0.25, -0.2) is 0 Å². The Kier molecular flexibility index (Phi) is 2.45. The van der Waals surface area contributed by atoms with Crippen LogP contribution in [0.25, 0.3) is 11.3 Å². The van der Waals surface area contributed by atoms with Crippen LogP contribution >= 0.6 is 11.8 Å². The van der Waals surface area contributed by atoms with Gasteiger partial charge in [0.2, 0.25) is 0 Å². The SMILES string of the molecule is CSc1ccc(-c2coc(N)n2)cc1. The molecule has 0 saturated heterocycles. The van der Waals surface area contributed by atoms with E-state index in [1.165, 1.54) is 4.90 Å². The lowest BCUT2D eigenvalue weighted by atomic mass is 10.2. The molecule has 1 aromatic heterocycles. The highest BCUT2D eigenvalue weighted by Crippen LogP contribution is 2.22. The molecule has 2 rings (SSSR count). The summed E-state index contributed by atoms with van der Waals surface area (Å²) in [5.74, 6) is 0. The van der Waals surface area contributed by atoms with Crippen molar-refractivity contribution >= 4 is 17.8 Å². The normalized spacial score (nSPS) is 10.4. The molecule has 3 nitrogen and oxygen atoms in total. The van der Waals surface area contributed by atoms with E-state index in [4.69, 9.17) is 10.2 Å². The largest absolute Gasteiger partial charge is 0.432 e. The van der Waals surface area contributed by atoms with Crippen molar-refractivity contribution in [1.82, 2.24) is 4.98 Å². The average Bonchev–Trinajstić information content (AvgIpc) is 2.65. The molecule has 2 N–H and O–H groups in total. The highest BCUT2D eigenvalue weighted by molar-refractivity contribution is 7.98. The number of hydrogen-bond donors (Lipinski definition) is 1. The van der Waals surface area contributed by atoms with Crippen LogP contribution in [0, 0.1) is 0 Å². The molecule has 14 heavy (non-hydrogen) atoms. The Morgan fingerprint density at radius 1 is 1.29 bits per heavy atom. The van der Waals surface area contributed by atoms with Crippen LogP contribution in [-0.2, 0) is 0 Å². The fourth-order valence-electron chi connectivity index (χ4n) is 1.18. The predicted molar refractivity (Wildman–Crippen MR) is 58.1 cm³/mol. The summed E-state index contributed by atoms with van der Waals surface area (Å²) in [5.41, 5.74) is 7.18. The molecular formula is C10H10N2OS. The number of nitrogens with two attached hydrogens (primary N) is 1. The van der Waals surface area contributed by atoms with Crippen LogP contribution in [-0.4, -0.2) is 11.2 Å². The first-order chi connectivity index (χ1) is 6.79. The van der Waals surface area contributed by atoms with E-state index >= 15 is 0 Å². The molecule has 0 aliphatic rings. The first-order valence-electron chi connectivity index (χ1n) is 4.15. The molecule has 0 unspecified atom stereocenters. The summed E-state index contributed by atoms with van der Waals surface area (Å²) in [4.78, 5) is 5.27. The lowest BCUT2D eigenvalue weighted by molar-refractivity contribution is 0.581. The number of aromatic nitrogens is 1. The second-order valence-electron chi connectivity index (χ2n) is 2.80. The quantitative estimate of drug-likeness (QED) is 0.767. The van der Waals surface area contributed by atoms with Crippen LogP contribution < -0.4 is 5.73 Å². The minimum absolute atomic E-state index is 0.203. The Bertz CT molecular complexity index is 422. The first kappa shape index (κ1) is 9.15. The zero-order chi connectivity index (χ0) is 9.97. The lowest BCUT2D eigenvalue weighted by Crippen LogP contribution is -1.83. The van der Waals surface area contributed by atoms with E-state index in [2.05, 4.69) is 4.98 Å². The standard InChI is InChI=1S/C10H10N2OS/c1-14-8-4-2-7(3-5-8)9-6-13-10(11)12-9/h2-6H,1H3,(H2,11,12). The topological polar surface area (TPSA) is 52.0 Å². The Morgan fingerprint density at radius 3 is 2.50 bits per heavy atom. The van der Waals surface area contributed by atoms with Crippen molar-refractivity contribution in [3.05, 3.63) is 30.5 Å². The van der Waals surface area contributed by atoms with Crippen molar-refractivity contribution < 1.29 is 4.42 Å². The first-order valence-corrected chi connectivity index (χ1v) is 5.37. The van der Waals surface area contributed by atoms with Gasteiger partial charge in [-0.2, -0.15) is 4.98 Å². The van der Waals surface area contributed by atoms with Gasteiger partial charge >= 0.3 is 0 Å². The maximum absolute atomic E-state index is 5.39. The molecule has 4 heteroatoms. The van der Waals surface area contributed by atoms with Crippen molar-refractivity contribution in [2.75, 3.05) is 12.0 Å². The highest BCUT2D eigenvalue weighted by atomic mass is 32.2. The number of rotatable bonds is 2. The van der Waals surface area contributed by atoms with E-state index < -0.39 is 0 Å². The molecule has 2 aromatic rings. The summed E-state index contributed by atoms with van der Waals surface area (Å²) >= 11 is 1.71. The fourth-order valence-corrected chi connectivity index (χ4v) is 1.59. The van der Waals surface area contributed by atoms with Gasteiger partial charge in [-0.1, -0.05) is 12.1 Å². The van der Waals surface area contributed by atoms with Gasteiger partial charge in [-0.3, -0.25) is 0 Å². The van der Waals surface area contributed by atoms with Crippen LogP contribution in [0.15, 0.2) is 39.8 Å². The Hall–Kier alpha value is -1.42. The Morgan fingerprint density at radius 2 is 2.00 bits per heavy atom. The van der Waals surface area contributed by atoms with E-state index in [1.54, 1.807) is 18.0 Å². The molecule has 1 heterocycles. The van der Waals surface area contributed by atoms with Gasteiger partial charge in [0.15, 0.2) is 0 Å². The molecule has 0 spiro atoms. The number of thioether (sulfide) groups is 1. The number of benzene rings is 1. The molecular weight excluding hydrogens is 196 g/mol. The van der Waals surface area contributed by atoms with Crippen LogP contribution in [0.5, 0.6) is 0 Å². The maximum Gasteiger partial charge on any atom is 0.292 e. The Labute approximate surface area is 86.3 Å².